The highest BCUT2D eigenvalue weighted by atomic mass is 32.1. The molecule has 2 heterocycles. The van der Waals surface area contributed by atoms with Gasteiger partial charge in [0.25, 0.3) is 5.91 Å². The van der Waals surface area contributed by atoms with Crippen molar-refractivity contribution in [3.05, 3.63) is 34.5 Å². The lowest BCUT2D eigenvalue weighted by Crippen LogP contribution is -2.22. The van der Waals surface area contributed by atoms with E-state index in [4.69, 9.17) is 0 Å². The molecule has 5 nitrogen and oxygen atoms in total. The van der Waals surface area contributed by atoms with Crippen LogP contribution in [0.2, 0.25) is 0 Å². The van der Waals surface area contributed by atoms with E-state index in [0.29, 0.717) is 12.2 Å². The summed E-state index contributed by atoms with van der Waals surface area (Å²) in [6.07, 6.45) is 3.59. The van der Waals surface area contributed by atoms with E-state index >= 15 is 0 Å². The van der Waals surface area contributed by atoms with Gasteiger partial charge in [0.1, 0.15) is 5.69 Å². The number of carbonyl (C=O) groups is 1. The van der Waals surface area contributed by atoms with Crippen molar-refractivity contribution < 1.29 is 4.79 Å². The lowest BCUT2D eigenvalue weighted by Gasteiger charge is -1.99. The first-order valence-electron chi connectivity index (χ1n) is 4.39. The lowest BCUT2D eigenvalue weighted by atomic mass is 10.3. The molecule has 1 amide bonds. The molecule has 0 saturated carbocycles. The maximum atomic E-state index is 11.5. The molecule has 0 atom stereocenters. The Morgan fingerprint density at radius 2 is 2.53 bits per heavy atom. The standard InChI is InChI=1S/C9H10N4OS/c1-13-4-7(3-12-13)2-10-9(14)8-5-15-6-11-8/h3-6H,2H2,1H3,(H,10,14). The molecule has 78 valence electrons. The number of hydrogen-bond donors (Lipinski definition) is 1. The predicted molar refractivity (Wildman–Crippen MR) is 56.5 cm³/mol. The van der Waals surface area contributed by atoms with Gasteiger partial charge in [-0.1, -0.05) is 0 Å². The first-order chi connectivity index (χ1) is 7.25. The van der Waals surface area contributed by atoms with Gasteiger partial charge in [0.15, 0.2) is 0 Å². The average molecular weight is 222 g/mol. The Kier molecular flexibility index (Phi) is 2.77. The second kappa shape index (κ2) is 4.22. The summed E-state index contributed by atoms with van der Waals surface area (Å²) < 4.78 is 1.70. The number of hydrogen-bond acceptors (Lipinski definition) is 4. The van der Waals surface area contributed by atoms with Crippen LogP contribution in [-0.4, -0.2) is 20.7 Å². The third-order valence-electron chi connectivity index (χ3n) is 1.88. The second-order valence-electron chi connectivity index (χ2n) is 3.08. The van der Waals surface area contributed by atoms with Crippen LogP contribution in [0.15, 0.2) is 23.3 Å². The lowest BCUT2D eigenvalue weighted by molar-refractivity contribution is 0.0946. The van der Waals surface area contributed by atoms with Crippen LogP contribution in [-0.2, 0) is 13.6 Å². The normalized spacial score (nSPS) is 10.2. The second-order valence-corrected chi connectivity index (χ2v) is 3.80. The molecule has 0 aliphatic heterocycles. The van der Waals surface area contributed by atoms with Gasteiger partial charge in [-0.2, -0.15) is 5.10 Å². The summed E-state index contributed by atoms with van der Waals surface area (Å²) >= 11 is 1.41. The van der Waals surface area contributed by atoms with Crippen LogP contribution in [0, 0.1) is 0 Å². The fourth-order valence-electron chi connectivity index (χ4n) is 1.16. The third-order valence-corrected chi connectivity index (χ3v) is 2.46. The highest BCUT2D eigenvalue weighted by molar-refractivity contribution is 7.07. The van der Waals surface area contributed by atoms with E-state index in [1.807, 2.05) is 13.2 Å². The van der Waals surface area contributed by atoms with E-state index in [-0.39, 0.29) is 5.91 Å². The van der Waals surface area contributed by atoms with Crippen molar-refractivity contribution in [2.45, 2.75) is 6.54 Å². The van der Waals surface area contributed by atoms with Crippen LogP contribution in [0.1, 0.15) is 16.1 Å². The Balaban J connectivity index is 1.91. The van der Waals surface area contributed by atoms with Crippen LogP contribution in [0.4, 0.5) is 0 Å². The van der Waals surface area contributed by atoms with E-state index in [9.17, 15) is 4.79 Å². The summed E-state index contributed by atoms with van der Waals surface area (Å²) in [5.41, 5.74) is 3.07. The molecule has 0 fully saturated rings. The molecule has 2 rings (SSSR count). The smallest absolute Gasteiger partial charge is 0.271 e. The molecule has 0 unspecified atom stereocenters. The zero-order chi connectivity index (χ0) is 10.7. The highest BCUT2D eigenvalue weighted by Gasteiger charge is 2.06. The summed E-state index contributed by atoms with van der Waals surface area (Å²) in [6.45, 7) is 0.476. The van der Waals surface area contributed by atoms with E-state index in [0.717, 1.165) is 5.56 Å². The summed E-state index contributed by atoms with van der Waals surface area (Å²) in [6, 6.07) is 0. The van der Waals surface area contributed by atoms with Gasteiger partial charge < -0.3 is 5.32 Å². The number of thiazole rings is 1. The van der Waals surface area contributed by atoms with Crippen LogP contribution < -0.4 is 5.32 Å². The predicted octanol–water partition coefficient (Wildman–Crippen LogP) is 0.807. The SMILES string of the molecule is Cn1cc(CNC(=O)c2cscn2)cn1. The van der Waals surface area contributed by atoms with Crippen LogP contribution >= 0.6 is 11.3 Å². The molecular weight excluding hydrogens is 212 g/mol. The van der Waals surface area contributed by atoms with Crippen molar-refractivity contribution in [1.82, 2.24) is 20.1 Å². The molecule has 0 spiro atoms. The summed E-state index contributed by atoms with van der Waals surface area (Å²) in [5, 5.41) is 8.50. The molecule has 0 aliphatic carbocycles. The van der Waals surface area contributed by atoms with Crippen molar-refractivity contribution in [2.75, 3.05) is 0 Å². The van der Waals surface area contributed by atoms with Gasteiger partial charge in [0, 0.05) is 30.7 Å². The number of aromatic nitrogens is 3. The first-order valence-corrected chi connectivity index (χ1v) is 5.34. The monoisotopic (exact) mass is 222 g/mol. The molecular formula is C9H10N4OS. The molecule has 0 aromatic carbocycles. The van der Waals surface area contributed by atoms with Crippen LogP contribution in [0.25, 0.3) is 0 Å². The molecule has 0 radical (unpaired) electrons. The number of nitrogens with one attached hydrogen (secondary N) is 1. The molecule has 0 aliphatic rings. The van der Waals surface area contributed by atoms with Gasteiger partial charge in [-0.05, 0) is 0 Å². The minimum absolute atomic E-state index is 0.153. The Bertz CT molecular complexity index is 448. The number of nitrogens with zero attached hydrogens (tertiary/aromatic N) is 3. The summed E-state index contributed by atoms with van der Waals surface area (Å²) in [7, 11) is 1.84. The van der Waals surface area contributed by atoms with Crippen molar-refractivity contribution in [2.24, 2.45) is 7.05 Å². The van der Waals surface area contributed by atoms with Gasteiger partial charge in [0.2, 0.25) is 0 Å². The van der Waals surface area contributed by atoms with Crippen molar-refractivity contribution >= 4 is 17.2 Å². The minimum atomic E-state index is -0.153. The molecule has 15 heavy (non-hydrogen) atoms. The van der Waals surface area contributed by atoms with E-state index in [1.165, 1.54) is 11.3 Å². The Morgan fingerprint density at radius 3 is 3.13 bits per heavy atom. The largest absolute Gasteiger partial charge is 0.346 e. The molecule has 0 saturated heterocycles. The third kappa shape index (κ3) is 2.41. The molecule has 2 aromatic heterocycles. The Morgan fingerprint density at radius 1 is 1.67 bits per heavy atom. The summed E-state index contributed by atoms with van der Waals surface area (Å²) in [4.78, 5) is 15.4. The van der Waals surface area contributed by atoms with Gasteiger partial charge in [-0.15, -0.1) is 11.3 Å². The molecule has 6 heteroatoms. The molecule has 2 aromatic rings. The van der Waals surface area contributed by atoms with Crippen LogP contribution in [0.3, 0.4) is 0 Å². The number of rotatable bonds is 3. The van der Waals surface area contributed by atoms with Crippen LogP contribution in [0.5, 0.6) is 0 Å². The Hall–Kier alpha value is -1.69. The van der Waals surface area contributed by atoms with Gasteiger partial charge in [0.05, 0.1) is 11.7 Å². The average Bonchev–Trinajstić information content (AvgIpc) is 2.84. The quantitative estimate of drug-likeness (QED) is 0.836. The number of carbonyl (C=O) groups excluding carboxylic acids is 1. The van der Waals surface area contributed by atoms with E-state index in [1.54, 1.807) is 21.8 Å². The van der Waals surface area contributed by atoms with Gasteiger partial charge in [-0.25, -0.2) is 4.98 Å². The topological polar surface area (TPSA) is 59.8 Å². The van der Waals surface area contributed by atoms with Crippen molar-refractivity contribution in [3.63, 3.8) is 0 Å². The van der Waals surface area contributed by atoms with E-state index < -0.39 is 0 Å². The maximum absolute atomic E-state index is 11.5. The molecule has 1 N–H and O–H groups in total. The van der Waals surface area contributed by atoms with Gasteiger partial charge >= 0.3 is 0 Å². The number of aryl methyl sites for hydroxylation is 1. The first kappa shape index (κ1) is 9.85. The molecule has 0 bridgehead atoms. The van der Waals surface area contributed by atoms with E-state index in [2.05, 4.69) is 15.4 Å². The zero-order valence-electron chi connectivity index (χ0n) is 8.17. The summed E-state index contributed by atoms with van der Waals surface area (Å²) in [5.74, 6) is -0.153. The van der Waals surface area contributed by atoms with Crippen molar-refractivity contribution in [1.29, 1.82) is 0 Å². The zero-order valence-corrected chi connectivity index (χ0v) is 8.99. The van der Waals surface area contributed by atoms with Crippen molar-refractivity contribution in [3.8, 4) is 0 Å². The fourth-order valence-corrected chi connectivity index (χ4v) is 1.69. The fraction of sp³-hybridized carbons (Fsp3) is 0.222. The van der Waals surface area contributed by atoms with Gasteiger partial charge in [-0.3, -0.25) is 9.48 Å². The highest BCUT2D eigenvalue weighted by Crippen LogP contribution is 2.01. The Labute approximate surface area is 90.8 Å². The maximum Gasteiger partial charge on any atom is 0.271 e. The number of amides is 1. The minimum Gasteiger partial charge on any atom is -0.346 e.